The highest BCUT2D eigenvalue weighted by molar-refractivity contribution is 9.11. The maximum absolute atomic E-state index is 6.06. The summed E-state index contributed by atoms with van der Waals surface area (Å²) in [5.74, 6) is 0.934. The Morgan fingerprint density at radius 2 is 1.95 bits per heavy atom. The monoisotopic (exact) mass is 388 g/mol. The third-order valence-electron chi connectivity index (χ3n) is 2.76. The lowest BCUT2D eigenvalue weighted by molar-refractivity contribution is 0.436. The van der Waals surface area contributed by atoms with Gasteiger partial charge in [-0.3, -0.25) is 0 Å². The number of rotatable bonds is 2. The lowest BCUT2D eigenvalue weighted by atomic mass is 10.0. The Morgan fingerprint density at radius 3 is 2.60 bits per heavy atom. The van der Waals surface area contributed by atoms with E-state index >= 15 is 0 Å². The topological polar surface area (TPSA) is 52.0 Å². The van der Waals surface area contributed by atoms with E-state index in [0.29, 0.717) is 27.2 Å². The molecule has 0 amide bonds. The largest absolute Gasteiger partial charge is 0.380 e. The molecule has 0 radical (unpaired) electrons. The second-order valence-corrected chi connectivity index (χ2v) is 7.15. The smallest absolute Gasteiger partial charge is 0.177 e. The molecule has 0 aliphatic heterocycles. The minimum Gasteiger partial charge on any atom is -0.380 e. The van der Waals surface area contributed by atoms with Gasteiger partial charge in [-0.15, -0.1) is 11.3 Å². The van der Waals surface area contributed by atoms with Crippen LogP contribution in [0.3, 0.4) is 0 Å². The first-order valence-corrected chi connectivity index (χ1v) is 7.94. The van der Waals surface area contributed by atoms with Crippen molar-refractivity contribution in [1.29, 1.82) is 0 Å². The Morgan fingerprint density at radius 1 is 1.15 bits per heavy atom. The van der Waals surface area contributed by atoms with E-state index in [2.05, 4.69) is 21.1 Å². The Balaban J connectivity index is 2.18. The van der Waals surface area contributed by atoms with Gasteiger partial charge < -0.3 is 10.3 Å². The molecule has 1 aromatic carbocycles. The molecule has 2 heterocycles. The number of benzene rings is 1. The molecule has 0 aliphatic carbocycles. The lowest BCUT2D eigenvalue weighted by Crippen LogP contribution is -1.88. The molecular formula is C13H7BrCl2N2OS. The van der Waals surface area contributed by atoms with Gasteiger partial charge in [0.1, 0.15) is 0 Å². The van der Waals surface area contributed by atoms with Gasteiger partial charge in [-0.05, 0) is 39.7 Å². The fraction of sp³-hybridized carbons (Fsp3) is 0. The van der Waals surface area contributed by atoms with Crippen molar-refractivity contribution in [2.45, 2.75) is 0 Å². The van der Waals surface area contributed by atoms with Gasteiger partial charge in [0.05, 0.1) is 19.4 Å². The van der Waals surface area contributed by atoms with Gasteiger partial charge >= 0.3 is 0 Å². The summed E-state index contributed by atoms with van der Waals surface area (Å²) in [6, 6.07) is 7.25. The average Bonchev–Trinajstić information content (AvgIpc) is 2.99. The van der Waals surface area contributed by atoms with Crippen molar-refractivity contribution >= 4 is 56.3 Å². The van der Waals surface area contributed by atoms with Crippen LogP contribution in [0.5, 0.6) is 0 Å². The van der Waals surface area contributed by atoms with Gasteiger partial charge in [0.25, 0.3) is 0 Å². The Labute approximate surface area is 137 Å². The predicted molar refractivity (Wildman–Crippen MR) is 87.4 cm³/mol. The van der Waals surface area contributed by atoms with E-state index in [1.54, 1.807) is 23.5 Å². The van der Waals surface area contributed by atoms with Crippen molar-refractivity contribution in [1.82, 2.24) is 5.16 Å². The van der Waals surface area contributed by atoms with Gasteiger partial charge in [-0.1, -0.05) is 34.4 Å². The number of halogens is 3. The minimum atomic E-state index is 0.320. The molecular weight excluding hydrogens is 383 g/mol. The quantitative estimate of drug-likeness (QED) is 0.609. The first-order valence-electron chi connectivity index (χ1n) is 5.51. The molecule has 2 aromatic heterocycles. The molecule has 0 spiro atoms. The van der Waals surface area contributed by atoms with E-state index in [0.717, 1.165) is 14.9 Å². The lowest BCUT2D eigenvalue weighted by Gasteiger charge is -2.03. The van der Waals surface area contributed by atoms with Crippen molar-refractivity contribution in [2.24, 2.45) is 0 Å². The number of hydrogen-bond acceptors (Lipinski definition) is 4. The van der Waals surface area contributed by atoms with Crippen LogP contribution in [0.15, 0.2) is 38.0 Å². The van der Waals surface area contributed by atoms with Crippen LogP contribution in [-0.2, 0) is 0 Å². The molecule has 0 aliphatic rings. The highest BCUT2D eigenvalue weighted by atomic mass is 79.9. The fourth-order valence-electron chi connectivity index (χ4n) is 1.86. The summed E-state index contributed by atoms with van der Waals surface area (Å²) in [5, 5.41) is 6.76. The number of hydrogen-bond donors (Lipinski definition) is 1. The number of aromatic nitrogens is 1. The number of thiophene rings is 1. The maximum Gasteiger partial charge on any atom is 0.177 e. The van der Waals surface area contributed by atoms with Crippen molar-refractivity contribution in [3.05, 3.63) is 43.5 Å². The Bertz CT molecular complexity index is 785. The molecule has 0 fully saturated rings. The molecule has 0 atom stereocenters. The van der Waals surface area contributed by atoms with Gasteiger partial charge in [0, 0.05) is 10.9 Å². The van der Waals surface area contributed by atoms with Gasteiger partial charge in [-0.2, -0.15) is 0 Å². The molecule has 7 heteroatoms. The van der Waals surface area contributed by atoms with Crippen LogP contribution < -0.4 is 5.73 Å². The standard InChI is InChI=1S/C13H7BrCl2N2OS/c14-10-4-7(5-20-10)12-11(13(17)18-19-12)6-1-2-8(15)9(16)3-6/h1-5H,(H2,17,18). The maximum atomic E-state index is 6.06. The van der Waals surface area contributed by atoms with Crippen molar-refractivity contribution in [3.63, 3.8) is 0 Å². The van der Waals surface area contributed by atoms with Gasteiger partial charge in [-0.25, -0.2) is 0 Å². The summed E-state index contributed by atoms with van der Waals surface area (Å²) in [6.07, 6.45) is 0. The van der Waals surface area contributed by atoms with Crippen LogP contribution in [0.4, 0.5) is 5.82 Å². The van der Waals surface area contributed by atoms with E-state index in [-0.39, 0.29) is 0 Å². The highest BCUT2D eigenvalue weighted by Gasteiger charge is 2.19. The van der Waals surface area contributed by atoms with E-state index in [4.69, 9.17) is 33.5 Å². The average molecular weight is 390 g/mol. The second kappa shape index (κ2) is 5.41. The molecule has 3 nitrogen and oxygen atoms in total. The zero-order valence-corrected chi connectivity index (χ0v) is 13.8. The van der Waals surface area contributed by atoms with E-state index in [1.165, 1.54) is 0 Å². The summed E-state index contributed by atoms with van der Waals surface area (Å²) in [5.41, 5.74) is 8.36. The van der Waals surface area contributed by atoms with E-state index in [1.807, 2.05) is 17.5 Å². The highest BCUT2D eigenvalue weighted by Crippen LogP contribution is 2.40. The van der Waals surface area contributed by atoms with Crippen LogP contribution in [0, 0.1) is 0 Å². The van der Waals surface area contributed by atoms with Crippen LogP contribution in [0.1, 0.15) is 0 Å². The number of nitrogen functional groups attached to an aromatic ring is 1. The molecule has 0 saturated carbocycles. The van der Waals surface area contributed by atoms with Crippen molar-refractivity contribution < 1.29 is 4.52 Å². The number of anilines is 1. The number of nitrogens with two attached hydrogens (primary N) is 1. The molecule has 3 rings (SSSR count). The summed E-state index contributed by atoms with van der Waals surface area (Å²) >= 11 is 17.0. The van der Waals surface area contributed by atoms with Gasteiger partial charge in [0.15, 0.2) is 11.6 Å². The summed E-state index contributed by atoms with van der Waals surface area (Å²) in [6.45, 7) is 0. The molecule has 0 saturated heterocycles. The molecule has 0 bridgehead atoms. The van der Waals surface area contributed by atoms with E-state index in [9.17, 15) is 0 Å². The van der Waals surface area contributed by atoms with Gasteiger partial charge in [0.2, 0.25) is 0 Å². The second-order valence-electron chi connectivity index (χ2n) is 4.04. The van der Waals surface area contributed by atoms with Crippen LogP contribution in [0.2, 0.25) is 10.0 Å². The first-order chi connectivity index (χ1) is 9.56. The molecule has 2 N–H and O–H groups in total. The zero-order chi connectivity index (χ0) is 14.3. The molecule has 0 unspecified atom stereocenters. The number of nitrogens with zero attached hydrogens (tertiary/aromatic N) is 1. The van der Waals surface area contributed by atoms with E-state index < -0.39 is 0 Å². The summed E-state index contributed by atoms with van der Waals surface area (Å²) in [4.78, 5) is 0. The Hall–Kier alpha value is -1.01. The molecule has 102 valence electrons. The Kier molecular flexibility index (Phi) is 3.77. The summed E-state index contributed by atoms with van der Waals surface area (Å²) < 4.78 is 6.36. The first kappa shape index (κ1) is 13.9. The minimum absolute atomic E-state index is 0.320. The predicted octanol–water partition coefficient (Wildman–Crippen LogP) is 5.72. The van der Waals surface area contributed by atoms with Crippen molar-refractivity contribution in [3.8, 4) is 22.5 Å². The van der Waals surface area contributed by atoms with Crippen LogP contribution >= 0.6 is 50.5 Å². The molecule has 3 aromatic rings. The third-order valence-corrected chi connectivity index (χ3v) is 5.00. The van der Waals surface area contributed by atoms with Crippen LogP contribution in [0.25, 0.3) is 22.5 Å². The van der Waals surface area contributed by atoms with Crippen molar-refractivity contribution in [2.75, 3.05) is 5.73 Å². The third kappa shape index (κ3) is 2.46. The summed E-state index contributed by atoms with van der Waals surface area (Å²) in [7, 11) is 0. The fourth-order valence-corrected chi connectivity index (χ4v) is 3.29. The molecule has 20 heavy (non-hydrogen) atoms. The zero-order valence-electron chi connectivity index (χ0n) is 9.86. The van der Waals surface area contributed by atoms with Crippen LogP contribution in [-0.4, -0.2) is 5.16 Å². The normalized spacial score (nSPS) is 10.9. The SMILES string of the molecule is Nc1noc(-c2csc(Br)c2)c1-c1ccc(Cl)c(Cl)c1.